The minimum Gasteiger partial charge on any atom is -0.493 e. The summed E-state index contributed by atoms with van der Waals surface area (Å²) >= 11 is 0. The first-order valence-electron chi connectivity index (χ1n) is 10.2. The number of ether oxygens (including phenoxy) is 2. The van der Waals surface area contributed by atoms with Crippen molar-refractivity contribution in [2.24, 2.45) is 0 Å². The van der Waals surface area contributed by atoms with Gasteiger partial charge in [-0.25, -0.2) is 0 Å². The van der Waals surface area contributed by atoms with Gasteiger partial charge in [0.25, 0.3) is 0 Å². The van der Waals surface area contributed by atoms with Gasteiger partial charge in [-0.3, -0.25) is 9.11 Å². The zero-order valence-electron chi connectivity index (χ0n) is 16.8. The van der Waals surface area contributed by atoms with Crippen molar-refractivity contribution in [2.75, 3.05) is 26.7 Å². The number of hydrogen-bond donors (Lipinski definition) is 3. The molecule has 0 radical (unpaired) electrons. The minimum absolute atomic E-state index is 0.152. The first-order valence-corrected chi connectivity index (χ1v) is 11.7. The van der Waals surface area contributed by atoms with Crippen molar-refractivity contribution in [1.29, 1.82) is 0 Å². The Balaban J connectivity index is 1.17. The molecule has 0 fully saturated rings. The fraction of sp³-hybridized carbons (Fsp3) is 0.455. The molecule has 2 aromatic carbocycles. The molecule has 0 bridgehead atoms. The van der Waals surface area contributed by atoms with E-state index in [4.69, 9.17) is 9.47 Å². The Labute approximate surface area is 174 Å². The smallest absolute Gasteiger partial charge is 0.164 e. The second-order valence-electron chi connectivity index (χ2n) is 7.63. The zero-order chi connectivity index (χ0) is 20.3. The van der Waals surface area contributed by atoms with Crippen LogP contribution in [0, 0.1) is 0 Å². The summed E-state index contributed by atoms with van der Waals surface area (Å²) in [7, 11) is -1.13. The van der Waals surface area contributed by atoms with E-state index in [1.165, 1.54) is 5.56 Å². The van der Waals surface area contributed by atoms with Gasteiger partial charge in [-0.2, -0.15) is 4.31 Å². The Morgan fingerprint density at radius 1 is 1.14 bits per heavy atom. The topological polar surface area (TPSA) is 74.2 Å². The lowest BCUT2D eigenvalue weighted by atomic mass is 10.0. The van der Waals surface area contributed by atoms with Gasteiger partial charge in [-0.15, -0.1) is 10.8 Å². The lowest BCUT2D eigenvalue weighted by Crippen LogP contribution is -2.35. The molecule has 0 spiro atoms. The summed E-state index contributed by atoms with van der Waals surface area (Å²) in [4.78, 5) is 0.684. The Morgan fingerprint density at radius 2 is 1.97 bits per heavy atom. The van der Waals surface area contributed by atoms with Gasteiger partial charge in [0.2, 0.25) is 0 Å². The molecular formula is C22H30N2O4S. The lowest BCUT2D eigenvalue weighted by molar-refractivity contribution is 0.163. The van der Waals surface area contributed by atoms with Gasteiger partial charge < -0.3 is 14.8 Å². The standard InChI is InChI=1S/C22H30N2O4S/c1-27-20-9-6-8-17-11-12-19(28-22(17)20)15-23-13-4-5-14-24-16-18-7-2-3-10-21(18)29(24,25)26/h2-3,6-10,19,23,25-26H,4-5,11-16H2,1H3. The molecule has 0 aliphatic carbocycles. The SMILES string of the molecule is COc1cccc2c1OC(CNCCCCN1Cc3ccccc3S1(O)O)CC2. The van der Waals surface area contributed by atoms with Gasteiger partial charge in [-0.05, 0) is 55.5 Å². The Bertz CT molecular complexity index is 831. The number of methoxy groups -OCH3 is 1. The van der Waals surface area contributed by atoms with Gasteiger partial charge in [0, 0.05) is 19.6 Å². The highest BCUT2D eigenvalue weighted by atomic mass is 32.3. The number of rotatable bonds is 8. The number of aryl methyl sites for hydroxylation is 1. The summed E-state index contributed by atoms with van der Waals surface area (Å²) < 4.78 is 34.4. The van der Waals surface area contributed by atoms with E-state index in [0.717, 1.165) is 55.8 Å². The normalized spacial score (nSPS) is 21.1. The summed E-state index contributed by atoms with van der Waals surface area (Å²) in [6.45, 7) is 2.99. The number of fused-ring (bicyclic) bond motifs is 2. The van der Waals surface area contributed by atoms with Crippen molar-refractivity contribution in [1.82, 2.24) is 9.62 Å². The maximum Gasteiger partial charge on any atom is 0.164 e. The van der Waals surface area contributed by atoms with Gasteiger partial charge >= 0.3 is 0 Å². The molecule has 0 saturated carbocycles. The second kappa shape index (κ2) is 8.93. The van der Waals surface area contributed by atoms with Gasteiger partial charge in [0.1, 0.15) is 6.10 Å². The maximum atomic E-state index is 10.5. The van der Waals surface area contributed by atoms with Gasteiger partial charge in [-0.1, -0.05) is 30.3 Å². The van der Waals surface area contributed by atoms with Crippen LogP contribution in [0.3, 0.4) is 0 Å². The van der Waals surface area contributed by atoms with Crippen molar-refractivity contribution in [3.05, 3.63) is 53.6 Å². The fourth-order valence-electron chi connectivity index (χ4n) is 4.07. The highest BCUT2D eigenvalue weighted by Crippen LogP contribution is 2.58. The van der Waals surface area contributed by atoms with Crippen molar-refractivity contribution >= 4 is 10.8 Å². The predicted molar refractivity (Wildman–Crippen MR) is 116 cm³/mol. The molecule has 0 aromatic heterocycles. The number of para-hydroxylation sites is 1. The monoisotopic (exact) mass is 418 g/mol. The number of nitrogens with zero attached hydrogens (tertiary/aromatic N) is 1. The molecule has 2 heterocycles. The average molecular weight is 419 g/mol. The van der Waals surface area contributed by atoms with Crippen LogP contribution in [-0.2, 0) is 13.0 Å². The van der Waals surface area contributed by atoms with E-state index >= 15 is 0 Å². The predicted octanol–water partition coefficient (Wildman–Crippen LogP) is 4.30. The Hall–Kier alpha value is -1.77. The lowest BCUT2D eigenvalue weighted by Gasteiger charge is -2.37. The van der Waals surface area contributed by atoms with Crippen LogP contribution in [0.5, 0.6) is 11.5 Å². The molecule has 0 saturated heterocycles. The summed E-state index contributed by atoms with van der Waals surface area (Å²) in [5.74, 6) is 1.68. The van der Waals surface area contributed by atoms with Crippen LogP contribution in [0.25, 0.3) is 0 Å². The maximum absolute atomic E-state index is 10.5. The molecule has 158 valence electrons. The molecular weight excluding hydrogens is 388 g/mol. The van der Waals surface area contributed by atoms with E-state index in [-0.39, 0.29) is 6.10 Å². The van der Waals surface area contributed by atoms with Crippen LogP contribution in [-0.4, -0.2) is 46.3 Å². The summed E-state index contributed by atoms with van der Waals surface area (Å²) in [6.07, 6.45) is 4.05. The third-order valence-corrected chi connectivity index (χ3v) is 7.68. The van der Waals surface area contributed by atoms with Crippen LogP contribution in [0.2, 0.25) is 0 Å². The van der Waals surface area contributed by atoms with E-state index < -0.39 is 10.8 Å². The van der Waals surface area contributed by atoms with Crippen molar-refractivity contribution in [3.8, 4) is 11.5 Å². The van der Waals surface area contributed by atoms with Crippen LogP contribution in [0.1, 0.15) is 30.4 Å². The molecule has 2 aromatic rings. The molecule has 29 heavy (non-hydrogen) atoms. The molecule has 0 amide bonds. The fourth-order valence-corrected chi connectivity index (χ4v) is 5.79. The first kappa shape index (κ1) is 20.5. The van der Waals surface area contributed by atoms with Gasteiger partial charge in [0.15, 0.2) is 11.5 Å². The van der Waals surface area contributed by atoms with Crippen LogP contribution >= 0.6 is 10.8 Å². The molecule has 1 atom stereocenters. The van der Waals surface area contributed by atoms with Crippen LogP contribution in [0.4, 0.5) is 0 Å². The molecule has 6 nitrogen and oxygen atoms in total. The highest BCUT2D eigenvalue weighted by molar-refractivity contribution is 8.22. The van der Waals surface area contributed by atoms with E-state index in [2.05, 4.69) is 11.4 Å². The van der Waals surface area contributed by atoms with E-state index in [0.29, 0.717) is 18.0 Å². The van der Waals surface area contributed by atoms with E-state index in [9.17, 15) is 9.11 Å². The molecule has 2 aliphatic heterocycles. The van der Waals surface area contributed by atoms with E-state index in [1.807, 2.05) is 40.7 Å². The van der Waals surface area contributed by atoms with Crippen molar-refractivity contribution < 1.29 is 18.6 Å². The summed E-state index contributed by atoms with van der Waals surface area (Å²) in [5, 5.41) is 3.48. The molecule has 3 N–H and O–H groups in total. The van der Waals surface area contributed by atoms with Gasteiger partial charge in [0.05, 0.1) is 12.0 Å². The summed E-state index contributed by atoms with van der Waals surface area (Å²) in [6, 6.07) is 13.7. The van der Waals surface area contributed by atoms with Crippen LogP contribution in [0.15, 0.2) is 47.4 Å². The number of hydrogen-bond acceptors (Lipinski definition) is 6. The van der Waals surface area contributed by atoms with Crippen molar-refractivity contribution in [2.45, 2.75) is 43.2 Å². The molecule has 4 rings (SSSR count). The summed E-state index contributed by atoms with van der Waals surface area (Å²) in [5.41, 5.74) is 2.24. The van der Waals surface area contributed by atoms with E-state index in [1.54, 1.807) is 7.11 Å². The molecule has 2 aliphatic rings. The average Bonchev–Trinajstić information content (AvgIpc) is 3.00. The van der Waals surface area contributed by atoms with Crippen molar-refractivity contribution in [3.63, 3.8) is 0 Å². The Morgan fingerprint density at radius 3 is 2.79 bits per heavy atom. The van der Waals surface area contributed by atoms with Crippen LogP contribution < -0.4 is 14.8 Å². The second-order valence-corrected chi connectivity index (χ2v) is 9.62. The first-order chi connectivity index (χ1) is 14.1. The highest BCUT2D eigenvalue weighted by Gasteiger charge is 2.33. The quantitative estimate of drug-likeness (QED) is 0.555. The third kappa shape index (κ3) is 4.39. The largest absolute Gasteiger partial charge is 0.493 e. The number of benzene rings is 2. The third-order valence-electron chi connectivity index (χ3n) is 5.66. The minimum atomic E-state index is -2.81. The Kier molecular flexibility index (Phi) is 6.32. The molecule has 7 heteroatoms. The number of unbranched alkanes of at least 4 members (excludes halogenated alkanes) is 1. The zero-order valence-corrected chi connectivity index (χ0v) is 17.7. The number of nitrogens with one attached hydrogen (secondary N) is 1. The molecule has 1 unspecified atom stereocenters.